The molecular weight excluding hydrogens is 230 g/mol. The third-order valence-electron chi connectivity index (χ3n) is 2.94. The predicted molar refractivity (Wildman–Crippen MR) is 67.2 cm³/mol. The summed E-state index contributed by atoms with van der Waals surface area (Å²) in [7, 11) is 0. The fourth-order valence-electron chi connectivity index (χ4n) is 1.92. The van der Waals surface area contributed by atoms with Gasteiger partial charge in [-0.05, 0) is 20.4 Å². The molecule has 18 heavy (non-hydrogen) atoms. The van der Waals surface area contributed by atoms with Gasteiger partial charge in [-0.1, -0.05) is 6.92 Å². The summed E-state index contributed by atoms with van der Waals surface area (Å²) in [6.45, 7) is 10.3. The van der Waals surface area contributed by atoms with E-state index in [0.29, 0.717) is 18.3 Å². The second-order valence-corrected chi connectivity index (χ2v) is 4.30. The normalized spacial score (nSPS) is 11.1. The summed E-state index contributed by atoms with van der Waals surface area (Å²) in [6, 6.07) is 0. The van der Waals surface area contributed by atoms with Gasteiger partial charge in [0.1, 0.15) is 6.54 Å². The number of aryl methyl sites for hydroxylation is 2. The first-order valence-electron chi connectivity index (χ1n) is 6.14. The van der Waals surface area contributed by atoms with E-state index in [-0.39, 0.29) is 0 Å². The van der Waals surface area contributed by atoms with Crippen LogP contribution in [0.4, 0.5) is 0 Å². The van der Waals surface area contributed by atoms with Gasteiger partial charge in [-0.25, -0.2) is 0 Å². The maximum absolute atomic E-state index is 5.37. The molecule has 2 aromatic heterocycles. The summed E-state index contributed by atoms with van der Waals surface area (Å²) in [6.07, 6.45) is 0. The minimum Gasteiger partial charge on any atom is -0.424 e. The smallest absolute Gasteiger partial charge is 0.237 e. The summed E-state index contributed by atoms with van der Waals surface area (Å²) in [5.41, 5.74) is 3.43. The van der Waals surface area contributed by atoms with E-state index < -0.39 is 0 Å². The highest BCUT2D eigenvalue weighted by molar-refractivity contribution is 5.24. The predicted octanol–water partition coefficient (Wildman–Crippen LogP) is 1.35. The van der Waals surface area contributed by atoms with Gasteiger partial charge >= 0.3 is 0 Å². The molecule has 1 N–H and O–H groups in total. The van der Waals surface area contributed by atoms with Gasteiger partial charge in [0.2, 0.25) is 11.8 Å². The van der Waals surface area contributed by atoms with E-state index >= 15 is 0 Å². The van der Waals surface area contributed by atoms with Crippen LogP contribution in [-0.2, 0) is 13.1 Å². The van der Waals surface area contributed by atoms with Crippen molar-refractivity contribution in [1.29, 1.82) is 0 Å². The minimum atomic E-state index is 0.527. The monoisotopic (exact) mass is 249 g/mol. The highest BCUT2D eigenvalue weighted by Crippen LogP contribution is 2.14. The van der Waals surface area contributed by atoms with Gasteiger partial charge in [0, 0.05) is 24.7 Å². The number of nitrogens with zero attached hydrogens (tertiary/aromatic N) is 4. The highest BCUT2D eigenvalue weighted by atomic mass is 16.4. The van der Waals surface area contributed by atoms with E-state index in [1.165, 1.54) is 5.56 Å². The quantitative estimate of drug-likeness (QED) is 0.866. The van der Waals surface area contributed by atoms with Gasteiger partial charge in [-0.3, -0.25) is 4.68 Å². The Morgan fingerprint density at radius 2 is 2.00 bits per heavy atom. The zero-order valence-electron chi connectivity index (χ0n) is 11.3. The third-order valence-corrected chi connectivity index (χ3v) is 2.94. The van der Waals surface area contributed by atoms with Crippen molar-refractivity contribution in [3.05, 3.63) is 28.7 Å². The minimum absolute atomic E-state index is 0.527. The Labute approximate surface area is 106 Å². The van der Waals surface area contributed by atoms with Gasteiger partial charge in [-0.15, -0.1) is 10.2 Å². The fraction of sp³-hybridized carbons (Fsp3) is 0.583. The largest absolute Gasteiger partial charge is 0.424 e. The van der Waals surface area contributed by atoms with Crippen molar-refractivity contribution in [3.8, 4) is 0 Å². The number of rotatable bonds is 5. The Bertz CT molecular complexity index is 529. The molecule has 0 spiro atoms. The number of nitrogens with one attached hydrogen (secondary N) is 1. The van der Waals surface area contributed by atoms with Gasteiger partial charge in [0.15, 0.2) is 0 Å². The lowest BCUT2D eigenvalue weighted by atomic mass is 10.2. The van der Waals surface area contributed by atoms with Crippen molar-refractivity contribution >= 4 is 0 Å². The first kappa shape index (κ1) is 12.8. The summed E-state index contributed by atoms with van der Waals surface area (Å²) in [4.78, 5) is 0. The van der Waals surface area contributed by atoms with E-state index in [1.807, 2.05) is 11.6 Å². The Kier molecular flexibility index (Phi) is 3.76. The summed E-state index contributed by atoms with van der Waals surface area (Å²) in [5, 5.41) is 15.7. The van der Waals surface area contributed by atoms with E-state index in [2.05, 4.69) is 34.5 Å². The second-order valence-electron chi connectivity index (χ2n) is 4.30. The molecule has 0 saturated heterocycles. The number of hydrogen-bond donors (Lipinski definition) is 1. The van der Waals surface area contributed by atoms with Crippen LogP contribution in [0, 0.1) is 20.8 Å². The van der Waals surface area contributed by atoms with Crippen LogP contribution in [0.2, 0.25) is 0 Å². The molecule has 98 valence electrons. The summed E-state index contributed by atoms with van der Waals surface area (Å²) < 4.78 is 7.29. The molecule has 0 unspecified atom stereocenters. The van der Waals surface area contributed by atoms with Gasteiger partial charge in [-0.2, -0.15) is 5.10 Å². The Balaban J connectivity index is 2.18. The molecule has 0 aromatic carbocycles. The molecule has 0 aliphatic carbocycles. The van der Waals surface area contributed by atoms with Crippen LogP contribution in [0.1, 0.15) is 35.7 Å². The van der Waals surface area contributed by atoms with Crippen LogP contribution >= 0.6 is 0 Å². The molecule has 0 aliphatic heterocycles. The Morgan fingerprint density at radius 3 is 2.61 bits per heavy atom. The van der Waals surface area contributed by atoms with E-state index in [1.54, 1.807) is 6.92 Å². The van der Waals surface area contributed by atoms with Crippen LogP contribution in [-0.4, -0.2) is 26.5 Å². The molecule has 0 saturated carbocycles. The zero-order chi connectivity index (χ0) is 13.1. The van der Waals surface area contributed by atoms with E-state index in [0.717, 1.165) is 24.5 Å². The number of hydrogen-bond acceptors (Lipinski definition) is 5. The topological polar surface area (TPSA) is 68.8 Å². The lowest BCUT2D eigenvalue weighted by molar-refractivity contribution is 0.441. The molecule has 0 atom stereocenters. The highest BCUT2D eigenvalue weighted by Gasteiger charge is 2.13. The molecule has 6 heteroatoms. The standard InChI is InChI=1S/C12H19N5O/c1-5-13-6-11-8(2)16-17(9(11)3)7-12-15-14-10(4)18-12/h13H,5-7H2,1-4H3. The molecule has 0 radical (unpaired) electrons. The van der Waals surface area contributed by atoms with Gasteiger partial charge < -0.3 is 9.73 Å². The van der Waals surface area contributed by atoms with Crippen LogP contribution in [0.3, 0.4) is 0 Å². The molecule has 0 bridgehead atoms. The van der Waals surface area contributed by atoms with Crippen LogP contribution in [0.15, 0.2) is 4.42 Å². The van der Waals surface area contributed by atoms with Crippen LogP contribution < -0.4 is 5.32 Å². The van der Waals surface area contributed by atoms with E-state index in [4.69, 9.17) is 4.42 Å². The molecule has 0 aliphatic rings. The maximum atomic E-state index is 5.37. The fourth-order valence-corrected chi connectivity index (χ4v) is 1.92. The summed E-state index contributed by atoms with van der Waals surface area (Å²) in [5.74, 6) is 1.17. The molecular formula is C12H19N5O. The SMILES string of the molecule is CCNCc1c(C)nn(Cc2nnc(C)o2)c1C. The molecule has 0 amide bonds. The third kappa shape index (κ3) is 2.59. The Morgan fingerprint density at radius 1 is 1.22 bits per heavy atom. The van der Waals surface area contributed by atoms with Crippen LogP contribution in [0.5, 0.6) is 0 Å². The van der Waals surface area contributed by atoms with Crippen molar-refractivity contribution in [3.63, 3.8) is 0 Å². The molecule has 2 rings (SSSR count). The molecule has 6 nitrogen and oxygen atoms in total. The van der Waals surface area contributed by atoms with Gasteiger partial charge in [0.25, 0.3) is 0 Å². The molecule has 2 aromatic rings. The first-order chi connectivity index (χ1) is 8.61. The summed E-state index contributed by atoms with van der Waals surface area (Å²) >= 11 is 0. The van der Waals surface area contributed by atoms with Gasteiger partial charge in [0.05, 0.1) is 5.69 Å². The lowest BCUT2D eigenvalue weighted by Gasteiger charge is -2.03. The van der Waals surface area contributed by atoms with Crippen molar-refractivity contribution in [1.82, 2.24) is 25.3 Å². The van der Waals surface area contributed by atoms with Crippen molar-refractivity contribution in [2.45, 2.75) is 40.8 Å². The maximum Gasteiger partial charge on any atom is 0.237 e. The second kappa shape index (κ2) is 5.30. The molecule has 2 heterocycles. The van der Waals surface area contributed by atoms with Crippen molar-refractivity contribution in [2.75, 3.05) is 6.54 Å². The molecule has 0 fully saturated rings. The van der Waals surface area contributed by atoms with Crippen molar-refractivity contribution in [2.24, 2.45) is 0 Å². The Hall–Kier alpha value is -1.69. The number of aromatic nitrogens is 4. The average molecular weight is 249 g/mol. The zero-order valence-corrected chi connectivity index (χ0v) is 11.3. The average Bonchev–Trinajstić information content (AvgIpc) is 2.84. The first-order valence-corrected chi connectivity index (χ1v) is 6.14. The van der Waals surface area contributed by atoms with E-state index in [9.17, 15) is 0 Å². The van der Waals surface area contributed by atoms with Crippen LogP contribution in [0.25, 0.3) is 0 Å². The van der Waals surface area contributed by atoms with Crippen molar-refractivity contribution < 1.29 is 4.42 Å². The lowest BCUT2D eigenvalue weighted by Crippen LogP contribution is -2.13.